The van der Waals surface area contributed by atoms with E-state index in [-0.39, 0.29) is 44.0 Å². The first kappa shape index (κ1) is 28.0. The molecular formula is C28H32N3O5P. The van der Waals surface area contributed by atoms with Crippen LogP contribution in [0.4, 0.5) is 0 Å². The first-order valence-corrected chi connectivity index (χ1v) is 13.5. The van der Waals surface area contributed by atoms with E-state index in [1.54, 1.807) is 24.3 Å². The molecule has 3 aromatic rings. The van der Waals surface area contributed by atoms with Crippen molar-refractivity contribution >= 4 is 41.6 Å². The Morgan fingerprint density at radius 2 is 0.865 bits per heavy atom. The monoisotopic (exact) mass is 521 g/mol. The molecule has 0 spiro atoms. The molecule has 0 aromatic heterocycles. The molecule has 3 aromatic carbocycles. The third kappa shape index (κ3) is 7.70. The molecule has 0 aliphatic heterocycles. The van der Waals surface area contributed by atoms with Gasteiger partial charge in [-0.1, -0.05) is 43.3 Å². The lowest BCUT2D eigenvalue weighted by Gasteiger charge is -2.20. The molecule has 0 aliphatic carbocycles. The highest BCUT2D eigenvalue weighted by atomic mass is 31.1. The Kier molecular flexibility index (Phi) is 10.8. The van der Waals surface area contributed by atoms with Crippen molar-refractivity contribution in [2.24, 2.45) is 0 Å². The van der Waals surface area contributed by atoms with Gasteiger partial charge in [-0.3, -0.25) is 14.4 Å². The topological polar surface area (TPSA) is 128 Å². The van der Waals surface area contributed by atoms with Crippen molar-refractivity contribution < 1.29 is 24.6 Å². The van der Waals surface area contributed by atoms with E-state index in [9.17, 15) is 14.4 Å². The van der Waals surface area contributed by atoms with Crippen LogP contribution in [-0.4, -0.2) is 60.8 Å². The third-order valence-electron chi connectivity index (χ3n) is 5.49. The van der Waals surface area contributed by atoms with Crippen LogP contribution in [0, 0.1) is 0 Å². The van der Waals surface area contributed by atoms with Gasteiger partial charge < -0.3 is 26.2 Å². The first-order valence-electron chi connectivity index (χ1n) is 12.1. The van der Waals surface area contributed by atoms with Crippen LogP contribution in [0.5, 0.6) is 0 Å². The second kappa shape index (κ2) is 14.2. The van der Waals surface area contributed by atoms with Gasteiger partial charge >= 0.3 is 0 Å². The van der Waals surface area contributed by atoms with Gasteiger partial charge in [-0.15, -0.1) is 0 Å². The molecule has 9 heteroatoms. The molecule has 0 bridgehead atoms. The van der Waals surface area contributed by atoms with Gasteiger partial charge in [0.05, 0.1) is 13.2 Å². The summed E-state index contributed by atoms with van der Waals surface area (Å²) in [4.78, 5) is 36.9. The number of hydrogen-bond donors (Lipinski definition) is 5. The molecule has 0 heterocycles. The zero-order valence-corrected chi connectivity index (χ0v) is 21.6. The van der Waals surface area contributed by atoms with E-state index in [0.717, 1.165) is 22.3 Å². The van der Waals surface area contributed by atoms with E-state index in [2.05, 4.69) is 16.0 Å². The van der Waals surface area contributed by atoms with Crippen molar-refractivity contribution in [3.8, 4) is 0 Å². The number of benzene rings is 3. The fourth-order valence-corrected chi connectivity index (χ4v) is 5.85. The van der Waals surface area contributed by atoms with Crippen molar-refractivity contribution in [2.45, 2.75) is 13.3 Å². The lowest BCUT2D eigenvalue weighted by molar-refractivity contribution is 0.0937. The Bertz CT molecular complexity index is 1030. The van der Waals surface area contributed by atoms with Crippen LogP contribution in [0.25, 0.3) is 0 Å². The molecule has 0 unspecified atom stereocenters. The molecule has 3 amide bonds. The summed E-state index contributed by atoms with van der Waals surface area (Å²) in [5, 5.41) is 29.1. The maximum atomic E-state index is 12.4. The van der Waals surface area contributed by atoms with E-state index < -0.39 is 7.92 Å². The van der Waals surface area contributed by atoms with Crippen LogP contribution in [0.1, 0.15) is 44.4 Å². The average Bonchev–Trinajstić information content (AvgIpc) is 2.94. The van der Waals surface area contributed by atoms with Gasteiger partial charge in [-0.25, -0.2) is 0 Å². The summed E-state index contributed by atoms with van der Waals surface area (Å²) in [7, 11) is -1.05. The van der Waals surface area contributed by atoms with Crippen LogP contribution >= 0.6 is 7.92 Å². The highest BCUT2D eigenvalue weighted by Crippen LogP contribution is 2.33. The van der Waals surface area contributed by atoms with Crippen LogP contribution in [0.2, 0.25) is 0 Å². The molecule has 0 saturated heterocycles. The zero-order valence-electron chi connectivity index (χ0n) is 20.7. The lowest BCUT2D eigenvalue weighted by atomic mass is 10.2. The highest BCUT2D eigenvalue weighted by Gasteiger charge is 2.19. The predicted molar refractivity (Wildman–Crippen MR) is 147 cm³/mol. The van der Waals surface area contributed by atoms with Crippen LogP contribution in [0.3, 0.4) is 0 Å². The number of hydrogen-bond acceptors (Lipinski definition) is 5. The smallest absolute Gasteiger partial charge is 0.251 e. The van der Waals surface area contributed by atoms with E-state index in [4.69, 9.17) is 10.2 Å². The van der Waals surface area contributed by atoms with E-state index in [0.29, 0.717) is 23.2 Å². The second-order valence-corrected chi connectivity index (χ2v) is 10.4. The molecule has 37 heavy (non-hydrogen) atoms. The molecule has 0 aliphatic rings. The van der Waals surface area contributed by atoms with Crippen molar-refractivity contribution in [2.75, 3.05) is 32.8 Å². The van der Waals surface area contributed by atoms with Gasteiger partial charge in [-0.05, 0) is 66.7 Å². The number of rotatable bonds is 12. The Balaban J connectivity index is 1.93. The Hall–Kier alpha value is -3.58. The summed E-state index contributed by atoms with van der Waals surface area (Å²) in [6.45, 7) is 2.72. The fraction of sp³-hybridized carbons (Fsp3) is 0.250. The Labute approximate surface area is 217 Å². The molecule has 0 atom stereocenters. The Morgan fingerprint density at radius 3 is 1.14 bits per heavy atom. The minimum atomic E-state index is -1.05. The van der Waals surface area contributed by atoms with Crippen molar-refractivity contribution in [3.05, 3.63) is 89.5 Å². The van der Waals surface area contributed by atoms with Crippen LogP contribution in [0.15, 0.2) is 72.8 Å². The number of aliphatic hydroxyl groups excluding tert-OH is 2. The molecule has 0 fully saturated rings. The van der Waals surface area contributed by atoms with Gasteiger partial charge in [-0.2, -0.15) is 0 Å². The molecule has 194 valence electrons. The zero-order chi connectivity index (χ0) is 26.6. The maximum Gasteiger partial charge on any atom is 0.251 e. The van der Waals surface area contributed by atoms with E-state index >= 15 is 0 Å². The lowest BCUT2D eigenvalue weighted by Crippen LogP contribution is -2.28. The number of aliphatic hydroxyl groups is 2. The van der Waals surface area contributed by atoms with Crippen molar-refractivity contribution in [1.29, 1.82) is 0 Å². The van der Waals surface area contributed by atoms with Gasteiger partial charge in [0.2, 0.25) is 0 Å². The largest absolute Gasteiger partial charge is 0.395 e. The summed E-state index contributed by atoms with van der Waals surface area (Å²) in [6, 6.07) is 22.1. The highest BCUT2D eigenvalue weighted by molar-refractivity contribution is 7.79. The number of carbonyl (C=O) groups is 3. The summed E-state index contributed by atoms with van der Waals surface area (Å²) in [5.74, 6) is -0.634. The summed E-state index contributed by atoms with van der Waals surface area (Å²) < 4.78 is 0. The fourth-order valence-electron chi connectivity index (χ4n) is 3.62. The minimum absolute atomic E-state index is 0.116. The van der Waals surface area contributed by atoms with Crippen LogP contribution < -0.4 is 31.9 Å². The number of amides is 3. The first-order chi connectivity index (χ1) is 18.0. The summed E-state index contributed by atoms with van der Waals surface area (Å²) in [5.41, 5.74) is 1.57. The summed E-state index contributed by atoms with van der Waals surface area (Å²) in [6.07, 6.45) is 0.858. The SMILES string of the molecule is CCCNC(=O)c1ccc(P(c2ccc(C(=O)NCCO)cc2)c2ccc(C(=O)NCCO)cc2)cc1. The standard InChI is InChI=1S/C28H32N3O5P/c1-2-15-29-26(34)20-3-9-23(10-4-20)37(24-11-5-21(6-12-24)27(35)30-16-18-32)25-13-7-22(8-14-25)28(36)31-17-19-33/h3-14,32-33H,2,15-19H2,1H3,(H,29,34)(H,30,35)(H,31,36). The van der Waals surface area contributed by atoms with Crippen molar-refractivity contribution in [1.82, 2.24) is 16.0 Å². The van der Waals surface area contributed by atoms with Gasteiger partial charge in [0, 0.05) is 36.3 Å². The van der Waals surface area contributed by atoms with E-state index in [1.165, 1.54) is 0 Å². The molecule has 5 N–H and O–H groups in total. The average molecular weight is 522 g/mol. The summed E-state index contributed by atoms with van der Waals surface area (Å²) >= 11 is 0. The van der Waals surface area contributed by atoms with Gasteiger partial charge in [0.15, 0.2) is 0 Å². The second-order valence-electron chi connectivity index (χ2n) is 8.19. The maximum absolute atomic E-state index is 12.4. The molecular weight excluding hydrogens is 489 g/mol. The number of nitrogens with one attached hydrogen (secondary N) is 3. The quantitative estimate of drug-likeness (QED) is 0.228. The van der Waals surface area contributed by atoms with E-state index in [1.807, 2.05) is 55.5 Å². The van der Waals surface area contributed by atoms with Gasteiger partial charge in [0.25, 0.3) is 17.7 Å². The molecule has 8 nitrogen and oxygen atoms in total. The molecule has 0 saturated carbocycles. The van der Waals surface area contributed by atoms with Crippen molar-refractivity contribution in [3.63, 3.8) is 0 Å². The predicted octanol–water partition coefficient (Wildman–Crippen LogP) is 1.03. The number of carbonyl (C=O) groups excluding carboxylic acids is 3. The van der Waals surface area contributed by atoms with Gasteiger partial charge in [0.1, 0.15) is 0 Å². The molecule has 3 rings (SSSR count). The minimum Gasteiger partial charge on any atom is -0.395 e. The third-order valence-corrected chi connectivity index (χ3v) is 7.94. The Morgan fingerprint density at radius 1 is 0.568 bits per heavy atom. The normalized spacial score (nSPS) is 10.7. The van der Waals surface area contributed by atoms with Crippen LogP contribution in [-0.2, 0) is 0 Å². The molecule has 0 radical (unpaired) electrons.